The van der Waals surface area contributed by atoms with E-state index in [4.69, 9.17) is 0 Å². The van der Waals surface area contributed by atoms with Crippen LogP contribution in [0.3, 0.4) is 0 Å². The number of rotatable bonds is 3. The SMILES string of the molecule is O=C(c1ccc(F)cc1)N1CCCN(Cc2ccc(C(F)(F)F)cc2)CC1. The van der Waals surface area contributed by atoms with Crippen LogP contribution in [0.15, 0.2) is 48.5 Å². The van der Waals surface area contributed by atoms with Gasteiger partial charge in [-0.25, -0.2) is 4.39 Å². The quantitative estimate of drug-likeness (QED) is 0.746. The molecule has 3 rings (SSSR count). The molecule has 144 valence electrons. The molecule has 3 nitrogen and oxygen atoms in total. The summed E-state index contributed by atoms with van der Waals surface area (Å²) in [5.41, 5.74) is 0.604. The second kappa shape index (κ2) is 8.08. The van der Waals surface area contributed by atoms with Gasteiger partial charge in [0.05, 0.1) is 5.56 Å². The maximum Gasteiger partial charge on any atom is 0.416 e. The molecule has 0 radical (unpaired) electrons. The molecule has 1 saturated heterocycles. The minimum atomic E-state index is -4.33. The Morgan fingerprint density at radius 3 is 2.19 bits per heavy atom. The molecule has 2 aromatic rings. The van der Waals surface area contributed by atoms with E-state index < -0.39 is 11.7 Å². The standard InChI is InChI=1S/C20H20F4N2O/c21-18-8-4-16(5-9-18)19(27)26-11-1-10-25(12-13-26)14-15-2-6-17(7-3-15)20(22,23)24/h2-9H,1,10-14H2. The van der Waals surface area contributed by atoms with Crippen LogP contribution in [0.25, 0.3) is 0 Å². The normalized spacial score (nSPS) is 16.2. The molecule has 1 amide bonds. The Balaban J connectivity index is 1.58. The third-order valence-corrected chi connectivity index (χ3v) is 4.65. The largest absolute Gasteiger partial charge is 0.416 e. The van der Waals surface area contributed by atoms with E-state index in [0.717, 1.165) is 30.7 Å². The molecule has 0 aromatic heterocycles. The van der Waals surface area contributed by atoms with E-state index in [1.165, 1.54) is 36.4 Å². The van der Waals surface area contributed by atoms with Gasteiger partial charge in [0.2, 0.25) is 0 Å². The van der Waals surface area contributed by atoms with E-state index in [1.54, 1.807) is 4.90 Å². The first-order chi connectivity index (χ1) is 12.8. The lowest BCUT2D eigenvalue weighted by atomic mass is 10.1. The van der Waals surface area contributed by atoms with Crippen LogP contribution in [0.5, 0.6) is 0 Å². The van der Waals surface area contributed by atoms with Gasteiger partial charge in [0.25, 0.3) is 5.91 Å². The summed E-state index contributed by atoms with van der Waals surface area (Å²) in [6.07, 6.45) is -3.56. The first-order valence-corrected chi connectivity index (χ1v) is 8.76. The van der Waals surface area contributed by atoms with Gasteiger partial charge in [0.1, 0.15) is 5.82 Å². The average Bonchev–Trinajstić information content (AvgIpc) is 2.87. The molecule has 0 aliphatic carbocycles. The Labute approximate surface area is 155 Å². The summed E-state index contributed by atoms with van der Waals surface area (Å²) in [5.74, 6) is -0.517. The lowest BCUT2D eigenvalue weighted by Crippen LogP contribution is -2.35. The van der Waals surface area contributed by atoms with Crippen molar-refractivity contribution in [1.29, 1.82) is 0 Å². The third-order valence-electron chi connectivity index (χ3n) is 4.65. The van der Waals surface area contributed by atoms with Gasteiger partial charge in [-0.05, 0) is 48.4 Å². The summed E-state index contributed by atoms with van der Waals surface area (Å²) < 4.78 is 50.9. The average molecular weight is 380 g/mol. The molecular weight excluding hydrogens is 360 g/mol. The molecule has 1 aliphatic heterocycles. The molecule has 0 bridgehead atoms. The maximum absolute atomic E-state index is 13.0. The van der Waals surface area contributed by atoms with Crippen molar-refractivity contribution in [2.24, 2.45) is 0 Å². The van der Waals surface area contributed by atoms with Crippen molar-refractivity contribution < 1.29 is 22.4 Å². The fourth-order valence-electron chi connectivity index (χ4n) is 3.16. The van der Waals surface area contributed by atoms with Crippen molar-refractivity contribution in [3.63, 3.8) is 0 Å². The van der Waals surface area contributed by atoms with E-state index in [9.17, 15) is 22.4 Å². The summed E-state index contributed by atoms with van der Waals surface area (Å²) in [5, 5.41) is 0. The smallest absolute Gasteiger partial charge is 0.337 e. The predicted octanol–water partition coefficient (Wildman–Crippen LogP) is 4.19. The van der Waals surface area contributed by atoms with Gasteiger partial charge in [-0.1, -0.05) is 12.1 Å². The molecule has 0 atom stereocenters. The van der Waals surface area contributed by atoms with Crippen LogP contribution in [0, 0.1) is 5.82 Å². The molecule has 27 heavy (non-hydrogen) atoms. The van der Waals surface area contributed by atoms with E-state index in [0.29, 0.717) is 31.7 Å². The van der Waals surface area contributed by atoms with Crippen LogP contribution in [0.1, 0.15) is 27.9 Å². The minimum absolute atomic E-state index is 0.133. The van der Waals surface area contributed by atoms with E-state index in [1.807, 2.05) is 0 Å². The molecule has 0 spiro atoms. The topological polar surface area (TPSA) is 23.6 Å². The number of alkyl halides is 3. The van der Waals surface area contributed by atoms with Crippen molar-refractivity contribution in [1.82, 2.24) is 9.80 Å². The summed E-state index contributed by atoms with van der Waals surface area (Å²) in [6.45, 7) is 3.05. The summed E-state index contributed by atoms with van der Waals surface area (Å²) in [7, 11) is 0. The van der Waals surface area contributed by atoms with Crippen LogP contribution in [-0.4, -0.2) is 41.9 Å². The Bertz CT molecular complexity index is 772. The molecule has 7 heteroatoms. The monoisotopic (exact) mass is 380 g/mol. The second-order valence-electron chi connectivity index (χ2n) is 6.62. The summed E-state index contributed by atoms with van der Waals surface area (Å²) in [4.78, 5) is 16.4. The van der Waals surface area contributed by atoms with Crippen LogP contribution in [-0.2, 0) is 12.7 Å². The van der Waals surface area contributed by atoms with Gasteiger partial charge in [0, 0.05) is 38.3 Å². The molecule has 2 aromatic carbocycles. The lowest BCUT2D eigenvalue weighted by Gasteiger charge is -2.22. The second-order valence-corrected chi connectivity index (χ2v) is 6.62. The highest BCUT2D eigenvalue weighted by Crippen LogP contribution is 2.29. The third kappa shape index (κ3) is 5.07. The van der Waals surface area contributed by atoms with E-state index in [-0.39, 0.29) is 11.7 Å². The number of carbonyl (C=O) groups is 1. The molecule has 1 fully saturated rings. The molecular formula is C20H20F4N2O. The fraction of sp³-hybridized carbons (Fsp3) is 0.350. The highest BCUT2D eigenvalue weighted by atomic mass is 19.4. The summed E-state index contributed by atoms with van der Waals surface area (Å²) in [6, 6.07) is 10.7. The fourth-order valence-corrected chi connectivity index (χ4v) is 3.16. The van der Waals surface area contributed by atoms with Gasteiger partial charge in [-0.3, -0.25) is 9.69 Å². The Morgan fingerprint density at radius 1 is 0.889 bits per heavy atom. The summed E-state index contributed by atoms with van der Waals surface area (Å²) >= 11 is 0. The van der Waals surface area contributed by atoms with Crippen LogP contribution in [0.4, 0.5) is 17.6 Å². The highest BCUT2D eigenvalue weighted by molar-refractivity contribution is 5.94. The lowest BCUT2D eigenvalue weighted by molar-refractivity contribution is -0.137. The van der Waals surface area contributed by atoms with Gasteiger partial charge in [-0.15, -0.1) is 0 Å². The van der Waals surface area contributed by atoms with Crippen molar-refractivity contribution in [3.05, 3.63) is 71.0 Å². The van der Waals surface area contributed by atoms with E-state index >= 15 is 0 Å². The van der Waals surface area contributed by atoms with Crippen molar-refractivity contribution in [3.8, 4) is 0 Å². The molecule has 1 aliphatic rings. The van der Waals surface area contributed by atoms with Gasteiger partial charge < -0.3 is 4.90 Å². The van der Waals surface area contributed by atoms with Crippen molar-refractivity contribution >= 4 is 5.91 Å². The number of amides is 1. The molecule has 1 heterocycles. The minimum Gasteiger partial charge on any atom is -0.337 e. The highest BCUT2D eigenvalue weighted by Gasteiger charge is 2.30. The number of hydrogen-bond donors (Lipinski definition) is 0. The first kappa shape index (κ1) is 19.4. The van der Waals surface area contributed by atoms with Gasteiger partial charge >= 0.3 is 6.18 Å². The number of halogens is 4. The van der Waals surface area contributed by atoms with Gasteiger partial charge in [-0.2, -0.15) is 13.2 Å². The number of nitrogens with zero attached hydrogens (tertiary/aromatic N) is 2. The number of benzene rings is 2. The van der Waals surface area contributed by atoms with Crippen molar-refractivity contribution in [2.45, 2.75) is 19.1 Å². The van der Waals surface area contributed by atoms with Crippen LogP contribution >= 0.6 is 0 Å². The van der Waals surface area contributed by atoms with Gasteiger partial charge in [0.15, 0.2) is 0 Å². The molecule has 0 N–H and O–H groups in total. The zero-order valence-corrected chi connectivity index (χ0v) is 14.7. The van der Waals surface area contributed by atoms with Crippen molar-refractivity contribution in [2.75, 3.05) is 26.2 Å². The molecule has 0 saturated carbocycles. The first-order valence-electron chi connectivity index (χ1n) is 8.76. The number of hydrogen-bond acceptors (Lipinski definition) is 2. The van der Waals surface area contributed by atoms with Crippen LogP contribution < -0.4 is 0 Å². The number of carbonyl (C=O) groups excluding carboxylic acids is 1. The Kier molecular flexibility index (Phi) is 5.79. The maximum atomic E-state index is 13.0. The zero-order chi connectivity index (χ0) is 19.4. The van der Waals surface area contributed by atoms with Crippen LogP contribution in [0.2, 0.25) is 0 Å². The Morgan fingerprint density at radius 2 is 1.56 bits per heavy atom. The molecule has 0 unspecified atom stereocenters. The zero-order valence-electron chi connectivity index (χ0n) is 14.7. The van der Waals surface area contributed by atoms with E-state index in [2.05, 4.69) is 4.90 Å². The predicted molar refractivity (Wildman–Crippen MR) is 93.6 cm³/mol. The Hall–Kier alpha value is -2.41.